The zero-order valence-electron chi connectivity index (χ0n) is 20.7. The van der Waals surface area contributed by atoms with Gasteiger partial charge < -0.3 is 24.5 Å². The summed E-state index contributed by atoms with van der Waals surface area (Å²) < 4.78 is 17.9. The van der Waals surface area contributed by atoms with Crippen LogP contribution in [-0.4, -0.2) is 51.1 Å². The normalized spacial score (nSPS) is 14.7. The summed E-state index contributed by atoms with van der Waals surface area (Å²) in [5.41, 5.74) is 4.05. The van der Waals surface area contributed by atoms with Gasteiger partial charge in [-0.05, 0) is 73.5 Å². The molecule has 0 saturated heterocycles. The van der Waals surface area contributed by atoms with Gasteiger partial charge >= 0.3 is 0 Å². The molecule has 0 aliphatic carbocycles. The molecule has 4 aromatic rings. The Bertz CT molecular complexity index is 1420. The average Bonchev–Trinajstić information content (AvgIpc) is 3.73. The molecule has 0 unspecified atom stereocenters. The summed E-state index contributed by atoms with van der Waals surface area (Å²) in [5, 5.41) is 7.67. The molecular formula is C30H30N4O3. The Hall–Kier alpha value is -4.26. The first-order chi connectivity index (χ1) is 18.3. The van der Waals surface area contributed by atoms with E-state index in [-0.39, 0.29) is 0 Å². The van der Waals surface area contributed by atoms with E-state index in [9.17, 15) is 0 Å². The predicted octanol–water partition coefficient (Wildman–Crippen LogP) is 5.04. The highest BCUT2D eigenvalue weighted by atomic mass is 16.5. The number of nitrogens with zero attached hydrogens (tertiary/aromatic N) is 2. The second-order valence-corrected chi connectivity index (χ2v) is 9.13. The topological polar surface area (TPSA) is 80.4 Å². The molecule has 3 heterocycles. The molecule has 0 bridgehead atoms. The van der Waals surface area contributed by atoms with Crippen molar-refractivity contribution in [1.82, 2.24) is 10.6 Å². The van der Waals surface area contributed by atoms with Gasteiger partial charge in [-0.3, -0.25) is 9.98 Å². The van der Waals surface area contributed by atoms with Gasteiger partial charge in [-0.2, -0.15) is 0 Å². The van der Waals surface area contributed by atoms with E-state index in [0.717, 1.165) is 95.6 Å². The van der Waals surface area contributed by atoms with Crippen molar-refractivity contribution in [2.75, 3.05) is 39.4 Å². The Morgan fingerprint density at radius 1 is 0.649 bits per heavy atom. The second-order valence-electron chi connectivity index (χ2n) is 9.13. The van der Waals surface area contributed by atoms with Crippen LogP contribution in [0.15, 0.2) is 87.2 Å². The molecule has 7 nitrogen and oxygen atoms in total. The largest absolute Gasteiger partial charge is 0.494 e. The minimum atomic E-state index is 0.651. The van der Waals surface area contributed by atoms with Crippen LogP contribution in [0, 0.1) is 0 Å². The molecule has 0 radical (unpaired) electrons. The van der Waals surface area contributed by atoms with Gasteiger partial charge in [-0.25, -0.2) is 0 Å². The van der Waals surface area contributed by atoms with Gasteiger partial charge in [0.2, 0.25) is 0 Å². The minimum absolute atomic E-state index is 0.651. The number of benzene rings is 3. The van der Waals surface area contributed by atoms with Gasteiger partial charge in [-0.1, -0.05) is 12.1 Å². The van der Waals surface area contributed by atoms with E-state index < -0.39 is 0 Å². The number of fused-ring (bicyclic) bond motifs is 1. The van der Waals surface area contributed by atoms with Crippen molar-refractivity contribution in [3.05, 3.63) is 83.9 Å². The lowest BCUT2D eigenvalue weighted by atomic mass is 10.1. The van der Waals surface area contributed by atoms with E-state index in [4.69, 9.17) is 13.9 Å². The highest BCUT2D eigenvalue weighted by molar-refractivity contribution is 6.02. The van der Waals surface area contributed by atoms with Crippen molar-refractivity contribution in [1.29, 1.82) is 0 Å². The molecule has 2 aliphatic rings. The van der Waals surface area contributed by atoms with E-state index in [2.05, 4.69) is 44.9 Å². The third kappa shape index (κ3) is 5.45. The van der Waals surface area contributed by atoms with Gasteiger partial charge in [0.15, 0.2) is 0 Å². The number of aliphatic imine (C=N–C) groups is 2. The van der Waals surface area contributed by atoms with Crippen LogP contribution in [0.2, 0.25) is 0 Å². The zero-order valence-corrected chi connectivity index (χ0v) is 20.7. The van der Waals surface area contributed by atoms with E-state index in [0.29, 0.717) is 13.2 Å². The van der Waals surface area contributed by atoms with Crippen molar-refractivity contribution < 1.29 is 13.9 Å². The second kappa shape index (κ2) is 10.8. The number of ether oxygens (including phenoxy) is 2. The lowest BCUT2D eigenvalue weighted by Gasteiger charge is -2.09. The van der Waals surface area contributed by atoms with Crippen LogP contribution in [0.4, 0.5) is 0 Å². The fourth-order valence-corrected chi connectivity index (χ4v) is 4.51. The summed E-state index contributed by atoms with van der Waals surface area (Å²) >= 11 is 0. The average molecular weight is 495 g/mol. The first kappa shape index (κ1) is 23.2. The number of nitrogens with one attached hydrogen (secondary N) is 2. The van der Waals surface area contributed by atoms with E-state index in [1.807, 2.05) is 48.5 Å². The molecule has 0 saturated carbocycles. The Kier molecular flexibility index (Phi) is 6.75. The zero-order chi connectivity index (χ0) is 24.9. The van der Waals surface area contributed by atoms with Crippen molar-refractivity contribution in [3.63, 3.8) is 0 Å². The number of amidine groups is 2. The number of hydrogen-bond donors (Lipinski definition) is 2. The summed E-state index contributed by atoms with van der Waals surface area (Å²) in [7, 11) is 0. The third-order valence-corrected chi connectivity index (χ3v) is 6.48. The van der Waals surface area contributed by atoms with E-state index in [1.54, 1.807) is 0 Å². The summed E-state index contributed by atoms with van der Waals surface area (Å²) in [6, 6.07) is 24.4. The highest BCUT2D eigenvalue weighted by Crippen LogP contribution is 2.30. The van der Waals surface area contributed by atoms with Crippen LogP contribution in [0.3, 0.4) is 0 Å². The summed E-state index contributed by atoms with van der Waals surface area (Å²) in [6.45, 7) is 4.79. The molecule has 0 amide bonds. The summed E-state index contributed by atoms with van der Waals surface area (Å²) in [4.78, 5) is 8.94. The maximum Gasteiger partial charge on any atom is 0.135 e. The quantitative estimate of drug-likeness (QED) is 0.302. The van der Waals surface area contributed by atoms with Gasteiger partial charge in [0, 0.05) is 35.2 Å². The Labute approximate surface area is 216 Å². The summed E-state index contributed by atoms with van der Waals surface area (Å²) in [5.74, 6) is 4.49. The maximum absolute atomic E-state index is 6.14. The van der Waals surface area contributed by atoms with Gasteiger partial charge in [0.25, 0.3) is 0 Å². The predicted molar refractivity (Wildman–Crippen MR) is 147 cm³/mol. The van der Waals surface area contributed by atoms with Crippen molar-refractivity contribution in [3.8, 4) is 22.8 Å². The molecule has 3 aromatic carbocycles. The Balaban J connectivity index is 0.955. The van der Waals surface area contributed by atoms with Gasteiger partial charge in [0.1, 0.15) is 34.5 Å². The molecule has 2 aliphatic heterocycles. The molecular weight excluding hydrogens is 464 g/mol. The molecule has 0 fully saturated rings. The van der Waals surface area contributed by atoms with Crippen molar-refractivity contribution >= 4 is 22.6 Å². The third-order valence-electron chi connectivity index (χ3n) is 6.48. The fourth-order valence-electron chi connectivity index (χ4n) is 4.51. The number of unbranched alkanes of at least 4 members (excludes halogenated alkanes) is 1. The number of hydrogen-bond acceptors (Lipinski definition) is 7. The standard InChI is InChI=1S/C30H30N4O3/c1(2-18-36-26-11-7-22(8-12-26)29-31-13-14-32-29)17-35-25-9-5-21(6-10-25)27-19-23-3-4-24(20-28(23)37-27)30-33-15-16-34-30/h3-12,19-20H,1-2,13-18H2,(H,31,32)(H,33,34). The molecule has 6 rings (SSSR count). The smallest absolute Gasteiger partial charge is 0.135 e. The van der Waals surface area contributed by atoms with E-state index in [1.165, 1.54) is 0 Å². The van der Waals surface area contributed by atoms with Crippen LogP contribution >= 0.6 is 0 Å². The molecule has 1 aromatic heterocycles. The van der Waals surface area contributed by atoms with Crippen LogP contribution in [0.25, 0.3) is 22.3 Å². The molecule has 2 N–H and O–H groups in total. The molecule has 37 heavy (non-hydrogen) atoms. The molecule has 188 valence electrons. The number of furan rings is 1. The van der Waals surface area contributed by atoms with Crippen LogP contribution < -0.4 is 20.1 Å². The maximum atomic E-state index is 6.14. The summed E-state index contributed by atoms with van der Waals surface area (Å²) in [6.07, 6.45) is 1.85. The van der Waals surface area contributed by atoms with Crippen molar-refractivity contribution in [2.24, 2.45) is 9.98 Å². The van der Waals surface area contributed by atoms with Crippen LogP contribution in [-0.2, 0) is 0 Å². The highest BCUT2D eigenvalue weighted by Gasteiger charge is 2.12. The van der Waals surface area contributed by atoms with Crippen LogP contribution in [0.1, 0.15) is 24.0 Å². The SMILES string of the molecule is c1cc(C2=NCCN2)ccc1OCCCCOc1ccc(-c2cc3ccc(C4=NCCN4)cc3o2)cc1. The lowest BCUT2D eigenvalue weighted by molar-refractivity contribution is 0.266. The first-order valence-electron chi connectivity index (χ1n) is 12.9. The van der Waals surface area contributed by atoms with E-state index >= 15 is 0 Å². The Morgan fingerprint density at radius 3 is 1.81 bits per heavy atom. The first-order valence-corrected chi connectivity index (χ1v) is 12.9. The Morgan fingerprint density at radius 2 is 1.22 bits per heavy atom. The monoisotopic (exact) mass is 494 g/mol. The lowest BCUT2D eigenvalue weighted by Crippen LogP contribution is -2.19. The van der Waals surface area contributed by atoms with Gasteiger partial charge in [-0.15, -0.1) is 0 Å². The molecule has 0 spiro atoms. The molecule has 0 atom stereocenters. The van der Waals surface area contributed by atoms with Crippen LogP contribution in [0.5, 0.6) is 11.5 Å². The number of rotatable bonds is 10. The van der Waals surface area contributed by atoms with Crippen molar-refractivity contribution in [2.45, 2.75) is 12.8 Å². The fraction of sp³-hybridized carbons (Fsp3) is 0.267. The van der Waals surface area contributed by atoms with Gasteiger partial charge in [0.05, 0.1) is 26.3 Å². The molecule has 7 heteroatoms. The minimum Gasteiger partial charge on any atom is -0.494 e.